The van der Waals surface area contributed by atoms with Crippen LogP contribution in [0.4, 0.5) is 0 Å². The van der Waals surface area contributed by atoms with Crippen molar-refractivity contribution in [1.29, 1.82) is 0 Å². The summed E-state index contributed by atoms with van der Waals surface area (Å²) in [7, 11) is 3.25. The molecule has 0 saturated carbocycles. The highest BCUT2D eigenvalue weighted by Crippen LogP contribution is 2.33. The summed E-state index contributed by atoms with van der Waals surface area (Å²) in [5.41, 5.74) is 1.07. The lowest BCUT2D eigenvalue weighted by Crippen LogP contribution is -1.91. The second kappa shape index (κ2) is 5.05. The van der Waals surface area contributed by atoms with E-state index in [0.717, 1.165) is 21.5 Å². The van der Waals surface area contributed by atoms with Crippen molar-refractivity contribution in [3.8, 4) is 11.5 Å². The average Bonchev–Trinajstić information content (AvgIpc) is 2.20. The fourth-order valence-corrected chi connectivity index (χ4v) is 1.63. The predicted molar refractivity (Wildman–Crippen MR) is 62.0 cm³/mol. The summed E-state index contributed by atoms with van der Waals surface area (Å²) in [6.45, 7) is 1.98. The Morgan fingerprint density at radius 1 is 1.14 bits per heavy atom. The Hall–Kier alpha value is -0.960. The summed E-state index contributed by atoms with van der Waals surface area (Å²) in [6.07, 6.45) is 3.98. The minimum atomic E-state index is 0.729. The van der Waals surface area contributed by atoms with E-state index in [1.54, 1.807) is 14.2 Å². The van der Waals surface area contributed by atoms with Crippen LogP contribution in [-0.2, 0) is 0 Å². The summed E-state index contributed by atoms with van der Waals surface area (Å²) in [5.74, 6) is 1.47. The third-order valence-corrected chi connectivity index (χ3v) is 2.54. The quantitative estimate of drug-likeness (QED) is 0.825. The van der Waals surface area contributed by atoms with Gasteiger partial charge in [0.2, 0.25) is 0 Å². The first-order valence-corrected chi connectivity index (χ1v) is 5.06. The number of rotatable bonds is 3. The molecule has 1 rings (SSSR count). The van der Waals surface area contributed by atoms with Crippen LogP contribution in [0.3, 0.4) is 0 Å². The number of methoxy groups -OCH3 is 2. The number of hydrogen-bond acceptors (Lipinski definition) is 2. The molecule has 76 valence electrons. The molecule has 0 unspecified atom stereocenters. The van der Waals surface area contributed by atoms with E-state index in [9.17, 15) is 0 Å². The molecule has 1 aromatic rings. The van der Waals surface area contributed by atoms with Gasteiger partial charge in [-0.2, -0.15) is 0 Å². The smallest absolute Gasteiger partial charge is 0.161 e. The van der Waals surface area contributed by atoms with Crippen LogP contribution in [0.25, 0.3) is 6.08 Å². The van der Waals surface area contributed by atoms with Crippen molar-refractivity contribution in [2.75, 3.05) is 14.2 Å². The van der Waals surface area contributed by atoms with Gasteiger partial charge in [-0.15, -0.1) is 0 Å². The maximum atomic E-state index is 5.20. The number of hydrogen-bond donors (Lipinski definition) is 0. The van der Waals surface area contributed by atoms with Crippen molar-refractivity contribution in [1.82, 2.24) is 0 Å². The van der Waals surface area contributed by atoms with Gasteiger partial charge in [-0.1, -0.05) is 28.1 Å². The zero-order chi connectivity index (χ0) is 10.6. The second-order valence-electron chi connectivity index (χ2n) is 2.73. The van der Waals surface area contributed by atoms with E-state index >= 15 is 0 Å². The van der Waals surface area contributed by atoms with Crippen molar-refractivity contribution >= 4 is 22.0 Å². The molecule has 0 bridgehead atoms. The van der Waals surface area contributed by atoms with Crippen molar-refractivity contribution in [2.45, 2.75) is 6.92 Å². The lowest BCUT2D eigenvalue weighted by molar-refractivity contribution is 0.354. The van der Waals surface area contributed by atoms with E-state index in [1.807, 2.05) is 31.2 Å². The Morgan fingerprint density at radius 3 is 2.21 bits per heavy atom. The molecular formula is C11H13BrO2. The zero-order valence-corrected chi connectivity index (χ0v) is 10.1. The highest BCUT2D eigenvalue weighted by Gasteiger charge is 2.06. The minimum Gasteiger partial charge on any atom is -0.493 e. The van der Waals surface area contributed by atoms with E-state index < -0.39 is 0 Å². The van der Waals surface area contributed by atoms with Gasteiger partial charge in [0.25, 0.3) is 0 Å². The van der Waals surface area contributed by atoms with Crippen LogP contribution in [-0.4, -0.2) is 14.2 Å². The van der Waals surface area contributed by atoms with Crippen LogP contribution < -0.4 is 9.47 Å². The molecule has 14 heavy (non-hydrogen) atoms. The molecule has 0 amide bonds. The van der Waals surface area contributed by atoms with Gasteiger partial charge in [-0.3, -0.25) is 0 Å². The van der Waals surface area contributed by atoms with Crippen LogP contribution in [0, 0.1) is 0 Å². The van der Waals surface area contributed by atoms with Crippen molar-refractivity contribution in [3.05, 3.63) is 28.2 Å². The molecule has 0 N–H and O–H groups in total. The van der Waals surface area contributed by atoms with E-state index in [1.165, 1.54) is 0 Å². The van der Waals surface area contributed by atoms with Crippen molar-refractivity contribution < 1.29 is 9.47 Å². The Bertz CT molecular complexity index is 345. The molecule has 0 saturated heterocycles. The molecule has 0 atom stereocenters. The predicted octanol–water partition coefficient (Wildman–Crippen LogP) is 3.50. The van der Waals surface area contributed by atoms with Crippen LogP contribution in [0.1, 0.15) is 12.5 Å². The van der Waals surface area contributed by atoms with Gasteiger partial charge in [0, 0.05) is 4.47 Å². The molecule has 0 heterocycles. The van der Waals surface area contributed by atoms with Crippen LogP contribution in [0.2, 0.25) is 0 Å². The molecule has 3 heteroatoms. The molecule has 0 fully saturated rings. The molecule has 0 aromatic heterocycles. The molecular weight excluding hydrogens is 244 g/mol. The van der Waals surface area contributed by atoms with Crippen LogP contribution >= 0.6 is 15.9 Å². The fourth-order valence-electron chi connectivity index (χ4n) is 1.18. The first kappa shape index (κ1) is 11.1. The normalized spacial score (nSPS) is 10.6. The molecule has 0 aliphatic heterocycles. The summed E-state index contributed by atoms with van der Waals surface area (Å²) in [4.78, 5) is 0. The largest absolute Gasteiger partial charge is 0.493 e. The monoisotopic (exact) mass is 256 g/mol. The van der Waals surface area contributed by atoms with E-state index in [-0.39, 0.29) is 0 Å². The van der Waals surface area contributed by atoms with Gasteiger partial charge in [0.05, 0.1) is 14.2 Å². The lowest BCUT2D eigenvalue weighted by Gasteiger charge is -2.09. The van der Waals surface area contributed by atoms with Crippen LogP contribution in [0.5, 0.6) is 11.5 Å². The Kier molecular flexibility index (Phi) is 4.01. The van der Waals surface area contributed by atoms with E-state index in [2.05, 4.69) is 15.9 Å². The van der Waals surface area contributed by atoms with E-state index in [0.29, 0.717) is 0 Å². The van der Waals surface area contributed by atoms with Crippen molar-refractivity contribution in [2.24, 2.45) is 0 Å². The van der Waals surface area contributed by atoms with Crippen LogP contribution in [0.15, 0.2) is 22.7 Å². The Morgan fingerprint density at radius 2 is 1.71 bits per heavy atom. The Labute approximate surface area is 92.7 Å². The highest BCUT2D eigenvalue weighted by atomic mass is 79.9. The van der Waals surface area contributed by atoms with Gasteiger partial charge < -0.3 is 9.47 Å². The third-order valence-electron chi connectivity index (χ3n) is 1.85. The Balaban J connectivity index is 3.23. The molecule has 2 nitrogen and oxygen atoms in total. The first-order chi connectivity index (χ1) is 6.72. The van der Waals surface area contributed by atoms with E-state index in [4.69, 9.17) is 9.47 Å². The molecule has 0 aliphatic rings. The first-order valence-electron chi connectivity index (χ1n) is 4.27. The standard InChI is InChI=1S/C11H13BrO2/c1-4-5-8-6-10(13-2)11(14-3)7-9(8)12/h4-7H,1-3H3/b5-4+. The second-order valence-corrected chi connectivity index (χ2v) is 3.58. The third kappa shape index (κ3) is 2.29. The van der Waals surface area contributed by atoms with Gasteiger partial charge in [0.15, 0.2) is 11.5 Å². The number of benzene rings is 1. The van der Waals surface area contributed by atoms with Gasteiger partial charge in [-0.05, 0) is 24.6 Å². The number of halogens is 1. The number of ether oxygens (including phenoxy) is 2. The maximum Gasteiger partial charge on any atom is 0.161 e. The van der Waals surface area contributed by atoms with Gasteiger partial charge in [0.1, 0.15) is 0 Å². The molecule has 1 aromatic carbocycles. The summed E-state index contributed by atoms with van der Waals surface area (Å²) in [5, 5.41) is 0. The minimum absolute atomic E-state index is 0.729. The highest BCUT2D eigenvalue weighted by molar-refractivity contribution is 9.10. The van der Waals surface area contributed by atoms with Gasteiger partial charge in [-0.25, -0.2) is 0 Å². The SMILES string of the molecule is C/C=C/c1cc(OC)c(OC)cc1Br. The topological polar surface area (TPSA) is 18.5 Å². The van der Waals surface area contributed by atoms with Crippen molar-refractivity contribution in [3.63, 3.8) is 0 Å². The zero-order valence-electron chi connectivity index (χ0n) is 8.50. The summed E-state index contributed by atoms with van der Waals surface area (Å²) in [6, 6.07) is 3.83. The lowest BCUT2D eigenvalue weighted by atomic mass is 10.2. The fraction of sp³-hybridized carbons (Fsp3) is 0.273. The van der Waals surface area contributed by atoms with Gasteiger partial charge >= 0.3 is 0 Å². The molecule has 0 spiro atoms. The summed E-state index contributed by atoms with van der Waals surface area (Å²) >= 11 is 3.47. The number of allylic oxidation sites excluding steroid dienone is 1. The molecule has 0 radical (unpaired) electrons. The summed E-state index contributed by atoms with van der Waals surface area (Å²) < 4.78 is 11.4. The molecule has 0 aliphatic carbocycles. The maximum absolute atomic E-state index is 5.20. The average molecular weight is 257 g/mol.